The second-order valence-electron chi connectivity index (χ2n) is 10.8. The van der Waals surface area contributed by atoms with E-state index in [0.717, 1.165) is 32.5 Å². The van der Waals surface area contributed by atoms with Gasteiger partial charge >= 0.3 is 0 Å². The molecule has 192 valence electrons. The molecule has 0 amide bonds. The van der Waals surface area contributed by atoms with Crippen molar-refractivity contribution in [3.63, 3.8) is 0 Å². The molecule has 2 atom stereocenters. The number of likely N-dealkylation sites (tertiary alicyclic amines) is 3. The summed E-state index contributed by atoms with van der Waals surface area (Å²) in [7, 11) is 1.96. The molecule has 3 aliphatic rings. The Bertz CT molecular complexity index is 1120. The van der Waals surface area contributed by atoms with Crippen molar-refractivity contribution < 1.29 is 19.7 Å². The number of phenolic OH excluding ortho intramolecular Hbond substituents is 2. The Morgan fingerprint density at radius 1 is 1.00 bits per heavy atom. The van der Waals surface area contributed by atoms with Crippen LogP contribution in [0.15, 0.2) is 15.3 Å². The highest BCUT2D eigenvalue weighted by Crippen LogP contribution is 2.45. The Morgan fingerprint density at radius 3 is 2.40 bits per heavy atom. The molecule has 3 N–H and O–H groups in total. The topological polar surface area (TPSA) is 101 Å². The van der Waals surface area contributed by atoms with Crippen molar-refractivity contribution in [3.8, 4) is 11.5 Å². The van der Waals surface area contributed by atoms with Gasteiger partial charge in [0.25, 0.3) is 0 Å². The Labute approximate surface area is 206 Å². The number of aliphatic hydroxyl groups excluding tert-OH is 1. The highest BCUT2D eigenvalue weighted by molar-refractivity contribution is 5.90. The molecule has 8 heteroatoms. The van der Waals surface area contributed by atoms with Crippen LogP contribution in [0.4, 0.5) is 0 Å². The van der Waals surface area contributed by atoms with Crippen LogP contribution in [0, 0.1) is 6.92 Å². The van der Waals surface area contributed by atoms with Crippen LogP contribution in [0.1, 0.15) is 61.3 Å². The van der Waals surface area contributed by atoms with E-state index in [4.69, 9.17) is 4.42 Å². The number of aryl methyl sites for hydroxylation is 1. The average Bonchev–Trinajstić information content (AvgIpc) is 2.83. The molecule has 1 aromatic carbocycles. The molecular weight excluding hydrogens is 446 g/mol. The molecule has 0 unspecified atom stereocenters. The minimum Gasteiger partial charge on any atom is -0.507 e. The highest BCUT2D eigenvalue weighted by atomic mass is 16.3. The zero-order valence-corrected chi connectivity index (χ0v) is 21.0. The van der Waals surface area contributed by atoms with Gasteiger partial charge in [0.2, 0.25) is 0 Å². The first-order valence-electron chi connectivity index (χ1n) is 13.2. The number of aliphatic hydroxyl groups is 1. The van der Waals surface area contributed by atoms with Gasteiger partial charge in [0, 0.05) is 36.7 Å². The summed E-state index contributed by atoms with van der Waals surface area (Å²) < 4.78 is 5.93. The van der Waals surface area contributed by atoms with E-state index in [1.54, 1.807) is 6.92 Å². The third kappa shape index (κ3) is 4.81. The average molecular weight is 486 g/mol. The van der Waals surface area contributed by atoms with Gasteiger partial charge in [-0.15, -0.1) is 0 Å². The summed E-state index contributed by atoms with van der Waals surface area (Å²) in [5, 5.41) is 33.7. The molecule has 0 saturated carbocycles. The number of likely N-dealkylation sites (N-methyl/N-ethyl adjacent to an activating group) is 1. The lowest BCUT2D eigenvalue weighted by Gasteiger charge is -2.40. The first-order chi connectivity index (χ1) is 16.8. The summed E-state index contributed by atoms with van der Waals surface area (Å²) in [5.41, 5.74) is 0.699. The summed E-state index contributed by atoms with van der Waals surface area (Å²) in [6.07, 6.45) is 5.96. The third-order valence-electron chi connectivity index (χ3n) is 8.38. The molecular formula is C27H39N3O5. The summed E-state index contributed by atoms with van der Waals surface area (Å²) in [6, 6.07) is 1.98. The van der Waals surface area contributed by atoms with Crippen molar-refractivity contribution in [2.45, 2.75) is 70.1 Å². The van der Waals surface area contributed by atoms with Crippen LogP contribution < -0.4 is 5.43 Å². The molecule has 2 aromatic rings. The van der Waals surface area contributed by atoms with E-state index < -0.39 is 6.10 Å². The number of aromatic hydroxyl groups is 2. The van der Waals surface area contributed by atoms with Crippen molar-refractivity contribution in [2.75, 3.05) is 46.3 Å². The maximum absolute atomic E-state index is 13.0. The van der Waals surface area contributed by atoms with Crippen LogP contribution in [0.5, 0.6) is 11.5 Å². The predicted octanol–water partition coefficient (Wildman–Crippen LogP) is 2.74. The van der Waals surface area contributed by atoms with Gasteiger partial charge in [-0.1, -0.05) is 6.42 Å². The molecule has 0 radical (unpaired) electrons. The summed E-state index contributed by atoms with van der Waals surface area (Å²) in [4.78, 5) is 19.9. The lowest BCUT2D eigenvalue weighted by atomic mass is 9.84. The first-order valence-corrected chi connectivity index (χ1v) is 13.2. The summed E-state index contributed by atoms with van der Waals surface area (Å²) in [6.45, 7) is 7.43. The number of rotatable bonds is 4. The van der Waals surface area contributed by atoms with Crippen molar-refractivity contribution in [2.24, 2.45) is 0 Å². The van der Waals surface area contributed by atoms with Crippen LogP contribution in [-0.2, 0) is 6.54 Å². The molecule has 4 heterocycles. The van der Waals surface area contributed by atoms with Gasteiger partial charge in [0.05, 0.1) is 11.7 Å². The lowest BCUT2D eigenvalue weighted by Crippen LogP contribution is -2.46. The zero-order valence-electron chi connectivity index (χ0n) is 21.0. The van der Waals surface area contributed by atoms with Gasteiger partial charge in [-0.05, 0) is 78.8 Å². The fourth-order valence-electron chi connectivity index (χ4n) is 6.43. The maximum atomic E-state index is 13.0. The smallest absolute Gasteiger partial charge is 0.196 e. The molecule has 3 fully saturated rings. The molecule has 1 aromatic heterocycles. The van der Waals surface area contributed by atoms with Crippen molar-refractivity contribution in [1.29, 1.82) is 0 Å². The van der Waals surface area contributed by atoms with Crippen LogP contribution in [0.2, 0.25) is 0 Å². The number of piperidine rings is 3. The Balaban J connectivity index is 1.47. The van der Waals surface area contributed by atoms with Crippen molar-refractivity contribution >= 4 is 11.0 Å². The van der Waals surface area contributed by atoms with Crippen LogP contribution in [0.3, 0.4) is 0 Å². The number of benzene rings is 1. The molecule has 0 aliphatic carbocycles. The standard InChI is InChI=1S/C27H39N3O5/c1-17-14-21(31)24-26(34)20(15-29-12-6-18(7-13-29)30-9-4-3-5-10-30)25(33)23(27(24)35-17)19-8-11-28(2)16-22(19)32/h14,18-19,22,32-34H,3-13,15-16H2,1-2H3/t19-,22+/m0/s1. The lowest BCUT2D eigenvalue weighted by molar-refractivity contribution is 0.0628. The van der Waals surface area contributed by atoms with Gasteiger partial charge in [0.15, 0.2) is 5.43 Å². The van der Waals surface area contributed by atoms with E-state index in [0.29, 0.717) is 42.4 Å². The van der Waals surface area contributed by atoms with E-state index in [1.807, 2.05) is 7.05 Å². The van der Waals surface area contributed by atoms with Gasteiger partial charge in [-0.2, -0.15) is 0 Å². The summed E-state index contributed by atoms with van der Waals surface area (Å²) in [5.74, 6) is -0.202. The van der Waals surface area contributed by atoms with Gasteiger partial charge in [-0.3, -0.25) is 9.69 Å². The Kier molecular flexibility index (Phi) is 7.08. The third-order valence-corrected chi connectivity index (χ3v) is 8.38. The van der Waals surface area contributed by atoms with Gasteiger partial charge in [-0.25, -0.2) is 0 Å². The fraction of sp³-hybridized carbons (Fsp3) is 0.667. The molecule has 0 spiro atoms. The van der Waals surface area contributed by atoms with Crippen LogP contribution >= 0.6 is 0 Å². The van der Waals surface area contributed by atoms with Gasteiger partial charge in [0.1, 0.15) is 28.2 Å². The number of nitrogens with zero attached hydrogens (tertiary/aromatic N) is 3. The van der Waals surface area contributed by atoms with Crippen molar-refractivity contribution in [1.82, 2.24) is 14.7 Å². The molecule has 3 aliphatic heterocycles. The second-order valence-corrected chi connectivity index (χ2v) is 10.8. The summed E-state index contributed by atoms with van der Waals surface area (Å²) >= 11 is 0. The molecule has 3 saturated heterocycles. The monoisotopic (exact) mass is 485 g/mol. The second kappa shape index (κ2) is 10.1. The fourth-order valence-corrected chi connectivity index (χ4v) is 6.43. The molecule has 0 bridgehead atoms. The van der Waals surface area contributed by atoms with Crippen molar-refractivity contribution in [3.05, 3.63) is 33.2 Å². The number of hydrogen-bond acceptors (Lipinski definition) is 8. The largest absolute Gasteiger partial charge is 0.507 e. The SMILES string of the molecule is Cc1cc(=O)c2c(O)c(CN3CCC(N4CCCCC4)CC3)c(O)c([C@H]3CCN(C)C[C@H]3O)c2o1. The maximum Gasteiger partial charge on any atom is 0.196 e. The minimum absolute atomic E-state index is 0.0458. The van der Waals surface area contributed by atoms with E-state index in [9.17, 15) is 20.1 Å². The Hall–Kier alpha value is -2.13. The van der Waals surface area contributed by atoms with E-state index >= 15 is 0 Å². The molecule has 8 nitrogen and oxygen atoms in total. The molecule has 35 heavy (non-hydrogen) atoms. The quantitative estimate of drug-likeness (QED) is 0.608. The zero-order chi connectivity index (χ0) is 24.7. The van der Waals surface area contributed by atoms with Crippen LogP contribution in [0.25, 0.3) is 11.0 Å². The predicted molar refractivity (Wildman–Crippen MR) is 135 cm³/mol. The molecule has 5 rings (SSSR count). The number of phenols is 2. The minimum atomic E-state index is -0.702. The first kappa shape index (κ1) is 24.6. The van der Waals surface area contributed by atoms with E-state index in [2.05, 4.69) is 14.7 Å². The number of fused-ring (bicyclic) bond motifs is 1. The number of hydrogen-bond donors (Lipinski definition) is 3. The van der Waals surface area contributed by atoms with Crippen LogP contribution in [-0.4, -0.2) is 88.5 Å². The normalized spacial score (nSPS) is 25.9. The Morgan fingerprint density at radius 2 is 1.71 bits per heavy atom. The van der Waals surface area contributed by atoms with E-state index in [-0.39, 0.29) is 33.8 Å². The van der Waals surface area contributed by atoms with Gasteiger partial charge < -0.3 is 29.5 Å². The number of β-amino-alcohol motifs (C(OH)–C–C–N with tert-alkyl or cyclic N) is 1. The highest BCUT2D eigenvalue weighted by Gasteiger charge is 2.35. The van der Waals surface area contributed by atoms with E-state index in [1.165, 1.54) is 38.4 Å².